The summed E-state index contributed by atoms with van der Waals surface area (Å²) in [6.07, 6.45) is 7.24. The van der Waals surface area contributed by atoms with Gasteiger partial charge in [-0.2, -0.15) is 0 Å². The second kappa shape index (κ2) is 5.16. The van der Waals surface area contributed by atoms with Gasteiger partial charge in [0.25, 0.3) is 0 Å². The molecule has 1 aliphatic heterocycles. The van der Waals surface area contributed by atoms with Crippen LogP contribution in [0.25, 0.3) is 0 Å². The van der Waals surface area contributed by atoms with Gasteiger partial charge in [0.05, 0.1) is 11.9 Å². The lowest BCUT2D eigenvalue weighted by molar-refractivity contribution is 0.726. The summed E-state index contributed by atoms with van der Waals surface area (Å²) in [6.45, 7) is 3.15. The van der Waals surface area contributed by atoms with Crippen LogP contribution in [0.4, 0.5) is 5.95 Å². The monoisotopic (exact) mass is 208 g/mol. The number of anilines is 1. The topological polar surface area (TPSA) is 44.0 Å². The van der Waals surface area contributed by atoms with Crippen molar-refractivity contribution in [1.29, 1.82) is 0 Å². The van der Waals surface area contributed by atoms with Crippen molar-refractivity contribution in [1.82, 2.24) is 15.3 Å². The van der Waals surface area contributed by atoms with Crippen LogP contribution < -0.4 is 10.2 Å². The zero-order valence-electron chi connectivity index (χ0n) is 9.42. The van der Waals surface area contributed by atoms with Gasteiger partial charge in [0.15, 0.2) is 0 Å². The first-order valence-electron chi connectivity index (χ1n) is 5.83. The first kappa shape index (κ1) is 10.5. The van der Waals surface area contributed by atoms with Gasteiger partial charge in [0, 0.05) is 19.6 Å². The molecule has 1 aromatic rings. The Morgan fingerprint density at radius 2 is 2.07 bits per heavy atom. The zero-order valence-corrected chi connectivity index (χ0v) is 9.42. The predicted octanol–water partition coefficient (Wildman–Crippen LogP) is 1.51. The van der Waals surface area contributed by atoms with Crippen molar-refractivity contribution in [3.05, 3.63) is 11.9 Å². The van der Waals surface area contributed by atoms with E-state index in [1.54, 1.807) is 0 Å². The van der Waals surface area contributed by atoms with Crippen LogP contribution in [0.2, 0.25) is 0 Å². The van der Waals surface area contributed by atoms with E-state index in [0.29, 0.717) is 0 Å². The van der Waals surface area contributed by atoms with Crippen molar-refractivity contribution in [3.8, 4) is 0 Å². The molecule has 15 heavy (non-hydrogen) atoms. The van der Waals surface area contributed by atoms with Gasteiger partial charge in [0.1, 0.15) is 0 Å². The molecule has 1 fully saturated rings. The highest BCUT2D eigenvalue weighted by Crippen LogP contribution is 2.15. The van der Waals surface area contributed by atoms with E-state index in [0.717, 1.165) is 31.3 Å². The Labute approximate surface area is 91.1 Å². The molecule has 4 heteroatoms. The van der Waals surface area contributed by atoms with Gasteiger partial charge < -0.3 is 15.2 Å². The predicted molar refractivity (Wildman–Crippen MR) is 62.0 cm³/mol. The second-order valence-corrected chi connectivity index (χ2v) is 4.16. The van der Waals surface area contributed by atoms with Crippen LogP contribution in [0.3, 0.4) is 0 Å². The van der Waals surface area contributed by atoms with E-state index in [-0.39, 0.29) is 0 Å². The lowest BCUT2D eigenvalue weighted by atomic mass is 10.2. The molecule has 0 unspecified atom stereocenters. The molecule has 0 aliphatic carbocycles. The summed E-state index contributed by atoms with van der Waals surface area (Å²) < 4.78 is 0. The number of aromatic nitrogens is 2. The van der Waals surface area contributed by atoms with Gasteiger partial charge in [-0.1, -0.05) is 12.8 Å². The molecule has 0 saturated carbocycles. The largest absolute Gasteiger partial charge is 0.342 e. The quantitative estimate of drug-likeness (QED) is 0.791. The van der Waals surface area contributed by atoms with E-state index in [4.69, 9.17) is 0 Å². The molecule has 2 rings (SSSR count). The van der Waals surface area contributed by atoms with Crippen molar-refractivity contribution in [2.75, 3.05) is 25.0 Å². The highest BCUT2D eigenvalue weighted by atomic mass is 15.3. The number of aromatic amines is 1. The average molecular weight is 208 g/mol. The van der Waals surface area contributed by atoms with E-state index < -0.39 is 0 Å². The molecular weight excluding hydrogens is 188 g/mol. The highest BCUT2D eigenvalue weighted by molar-refractivity contribution is 5.31. The third kappa shape index (κ3) is 2.72. The number of hydrogen-bond donors (Lipinski definition) is 2. The van der Waals surface area contributed by atoms with Crippen LogP contribution in [0.5, 0.6) is 0 Å². The number of hydrogen-bond acceptors (Lipinski definition) is 3. The van der Waals surface area contributed by atoms with Crippen molar-refractivity contribution < 1.29 is 0 Å². The molecule has 0 atom stereocenters. The van der Waals surface area contributed by atoms with Crippen molar-refractivity contribution in [2.45, 2.75) is 32.2 Å². The Bertz CT molecular complexity index is 287. The summed E-state index contributed by atoms with van der Waals surface area (Å²) in [5.74, 6) is 1.04. The van der Waals surface area contributed by atoms with Gasteiger partial charge in [-0.05, 0) is 19.9 Å². The summed E-state index contributed by atoms with van der Waals surface area (Å²) in [4.78, 5) is 10.2. The minimum absolute atomic E-state index is 0.862. The molecule has 1 aliphatic rings. The summed E-state index contributed by atoms with van der Waals surface area (Å²) in [5.41, 5.74) is 1.16. The van der Waals surface area contributed by atoms with Crippen molar-refractivity contribution in [3.63, 3.8) is 0 Å². The van der Waals surface area contributed by atoms with Gasteiger partial charge in [-0.3, -0.25) is 0 Å². The molecule has 0 radical (unpaired) electrons. The van der Waals surface area contributed by atoms with E-state index in [2.05, 4.69) is 20.2 Å². The Balaban J connectivity index is 2.00. The molecule has 1 saturated heterocycles. The normalized spacial score (nSPS) is 17.8. The molecule has 0 amide bonds. The zero-order chi connectivity index (χ0) is 10.5. The second-order valence-electron chi connectivity index (χ2n) is 4.16. The summed E-state index contributed by atoms with van der Waals surface area (Å²) >= 11 is 0. The lowest BCUT2D eigenvalue weighted by Gasteiger charge is -2.18. The van der Waals surface area contributed by atoms with E-state index >= 15 is 0 Å². The molecule has 84 valence electrons. The van der Waals surface area contributed by atoms with Crippen LogP contribution in [0, 0.1) is 0 Å². The fourth-order valence-corrected chi connectivity index (χ4v) is 2.07. The summed E-state index contributed by atoms with van der Waals surface area (Å²) in [5, 5.41) is 3.12. The smallest absolute Gasteiger partial charge is 0.202 e. The maximum Gasteiger partial charge on any atom is 0.202 e. The van der Waals surface area contributed by atoms with Crippen LogP contribution >= 0.6 is 0 Å². The van der Waals surface area contributed by atoms with Gasteiger partial charge >= 0.3 is 0 Å². The first-order valence-corrected chi connectivity index (χ1v) is 5.83. The molecule has 1 aromatic heterocycles. The van der Waals surface area contributed by atoms with Crippen molar-refractivity contribution >= 4 is 5.95 Å². The third-order valence-corrected chi connectivity index (χ3v) is 2.89. The summed E-state index contributed by atoms with van der Waals surface area (Å²) in [6, 6.07) is 0. The van der Waals surface area contributed by atoms with E-state index in [1.165, 1.54) is 25.7 Å². The highest BCUT2D eigenvalue weighted by Gasteiger charge is 2.12. The molecule has 4 nitrogen and oxygen atoms in total. The van der Waals surface area contributed by atoms with Crippen molar-refractivity contribution in [2.24, 2.45) is 0 Å². The fraction of sp³-hybridized carbons (Fsp3) is 0.727. The molecular formula is C11H20N4. The lowest BCUT2D eigenvalue weighted by Crippen LogP contribution is -2.25. The Morgan fingerprint density at radius 1 is 1.33 bits per heavy atom. The Kier molecular flexibility index (Phi) is 3.61. The maximum atomic E-state index is 4.43. The van der Waals surface area contributed by atoms with Crippen LogP contribution in [-0.2, 0) is 6.54 Å². The molecule has 2 N–H and O–H groups in total. The molecule has 0 aromatic carbocycles. The number of rotatable bonds is 3. The van der Waals surface area contributed by atoms with Gasteiger partial charge in [0.2, 0.25) is 5.95 Å². The van der Waals surface area contributed by atoms with Crippen LogP contribution in [0.1, 0.15) is 31.4 Å². The number of imidazole rings is 1. The third-order valence-electron chi connectivity index (χ3n) is 2.89. The number of nitrogens with one attached hydrogen (secondary N) is 2. The number of nitrogens with zero attached hydrogens (tertiary/aromatic N) is 2. The number of H-pyrrole nitrogens is 1. The molecule has 0 spiro atoms. The fourth-order valence-electron chi connectivity index (χ4n) is 2.07. The van der Waals surface area contributed by atoms with Crippen LogP contribution in [0.15, 0.2) is 6.20 Å². The van der Waals surface area contributed by atoms with Crippen LogP contribution in [-0.4, -0.2) is 30.1 Å². The minimum Gasteiger partial charge on any atom is -0.342 e. The van der Waals surface area contributed by atoms with Gasteiger partial charge in [-0.25, -0.2) is 4.98 Å². The maximum absolute atomic E-state index is 4.43. The average Bonchev–Trinajstić information content (AvgIpc) is 2.53. The Hall–Kier alpha value is -1.03. The molecule has 0 bridgehead atoms. The minimum atomic E-state index is 0.862. The van der Waals surface area contributed by atoms with E-state index in [9.17, 15) is 0 Å². The molecule has 2 heterocycles. The standard InChI is InChI=1S/C11H20N4/c1-12-8-10-9-13-11(14-10)15-6-4-2-3-5-7-15/h9,12H,2-8H2,1H3,(H,13,14). The summed E-state index contributed by atoms with van der Waals surface area (Å²) in [7, 11) is 1.95. The SMILES string of the molecule is CNCc1cnc(N2CCCCCC2)[nH]1. The van der Waals surface area contributed by atoms with E-state index in [1.807, 2.05) is 13.2 Å². The Morgan fingerprint density at radius 3 is 2.73 bits per heavy atom. The first-order chi connectivity index (χ1) is 7.40. The van der Waals surface area contributed by atoms with Gasteiger partial charge in [-0.15, -0.1) is 0 Å².